The zero-order chi connectivity index (χ0) is 15.9. The summed E-state index contributed by atoms with van der Waals surface area (Å²) in [6, 6.07) is 17.9. The number of nitrogens with zero attached hydrogens (tertiary/aromatic N) is 1. The van der Waals surface area contributed by atoms with Crippen LogP contribution in [0.15, 0.2) is 54.6 Å². The Bertz CT molecular complexity index is 593. The average Bonchev–Trinajstić information content (AvgIpc) is 2.50. The second kappa shape index (κ2) is 7.61. The van der Waals surface area contributed by atoms with Gasteiger partial charge in [-0.15, -0.1) is 0 Å². The van der Waals surface area contributed by atoms with Crippen LogP contribution in [0.4, 0.5) is 10.5 Å². The molecular formula is C18H23N3O. The molecule has 0 bridgehead atoms. The Balaban J connectivity index is 1.92. The van der Waals surface area contributed by atoms with Gasteiger partial charge in [-0.2, -0.15) is 0 Å². The topological polar surface area (TPSA) is 44.4 Å². The van der Waals surface area contributed by atoms with Crippen molar-refractivity contribution in [3.05, 3.63) is 65.7 Å². The van der Waals surface area contributed by atoms with E-state index in [-0.39, 0.29) is 12.1 Å². The number of rotatable bonds is 5. The van der Waals surface area contributed by atoms with Crippen LogP contribution in [0.5, 0.6) is 0 Å². The molecule has 1 atom stereocenters. The average molecular weight is 297 g/mol. The summed E-state index contributed by atoms with van der Waals surface area (Å²) in [4.78, 5) is 14.1. The lowest BCUT2D eigenvalue weighted by molar-refractivity contribution is 0.243. The lowest BCUT2D eigenvalue weighted by Gasteiger charge is -2.25. The molecule has 2 amide bonds. The van der Waals surface area contributed by atoms with Gasteiger partial charge in [-0.25, -0.2) is 4.79 Å². The quantitative estimate of drug-likeness (QED) is 0.888. The minimum absolute atomic E-state index is 0.143. The Kier molecular flexibility index (Phi) is 5.55. The summed E-state index contributed by atoms with van der Waals surface area (Å²) in [7, 11) is 4.02. The summed E-state index contributed by atoms with van der Waals surface area (Å²) >= 11 is 0. The SMILES string of the molecule is Cc1ccc(NC(=O)NC[C@@H](c2ccccc2)N(C)C)cc1. The number of carbonyl (C=O) groups is 1. The third-order valence-corrected chi connectivity index (χ3v) is 3.57. The smallest absolute Gasteiger partial charge is 0.319 e. The van der Waals surface area contributed by atoms with Crippen LogP contribution in [-0.4, -0.2) is 31.6 Å². The summed E-state index contributed by atoms with van der Waals surface area (Å²) in [5.74, 6) is 0. The van der Waals surface area contributed by atoms with Gasteiger partial charge in [0.05, 0.1) is 6.04 Å². The molecule has 22 heavy (non-hydrogen) atoms. The van der Waals surface area contributed by atoms with E-state index in [2.05, 4.69) is 27.7 Å². The molecule has 0 saturated carbocycles. The monoisotopic (exact) mass is 297 g/mol. The molecule has 0 aromatic heterocycles. The number of likely N-dealkylation sites (N-methyl/N-ethyl adjacent to an activating group) is 1. The van der Waals surface area contributed by atoms with Gasteiger partial charge in [0.25, 0.3) is 0 Å². The molecular weight excluding hydrogens is 274 g/mol. The van der Waals surface area contributed by atoms with Crippen molar-refractivity contribution in [2.75, 3.05) is 26.0 Å². The van der Waals surface area contributed by atoms with E-state index in [4.69, 9.17) is 0 Å². The highest BCUT2D eigenvalue weighted by atomic mass is 16.2. The fraction of sp³-hybridized carbons (Fsp3) is 0.278. The number of carbonyl (C=O) groups excluding carboxylic acids is 1. The second-order valence-electron chi connectivity index (χ2n) is 5.59. The van der Waals surface area contributed by atoms with Gasteiger partial charge in [0.1, 0.15) is 0 Å². The number of benzene rings is 2. The predicted molar refractivity (Wildman–Crippen MR) is 91.1 cm³/mol. The first-order chi connectivity index (χ1) is 10.6. The zero-order valence-corrected chi connectivity index (χ0v) is 13.3. The van der Waals surface area contributed by atoms with E-state index in [0.717, 1.165) is 5.69 Å². The number of hydrogen-bond acceptors (Lipinski definition) is 2. The van der Waals surface area contributed by atoms with Crippen LogP contribution < -0.4 is 10.6 Å². The number of urea groups is 1. The largest absolute Gasteiger partial charge is 0.336 e. The predicted octanol–water partition coefficient (Wildman–Crippen LogP) is 3.42. The maximum atomic E-state index is 12.0. The van der Waals surface area contributed by atoms with Crippen LogP contribution in [0.1, 0.15) is 17.2 Å². The van der Waals surface area contributed by atoms with E-state index in [1.165, 1.54) is 11.1 Å². The molecule has 0 radical (unpaired) electrons. The first kappa shape index (κ1) is 16.0. The lowest BCUT2D eigenvalue weighted by Crippen LogP contribution is -2.36. The van der Waals surface area contributed by atoms with Crippen LogP contribution in [0.25, 0.3) is 0 Å². The Labute approximate surface area is 132 Å². The van der Waals surface area contributed by atoms with Crippen molar-refractivity contribution >= 4 is 11.7 Å². The van der Waals surface area contributed by atoms with Crippen molar-refractivity contribution in [2.24, 2.45) is 0 Å². The van der Waals surface area contributed by atoms with Crippen LogP contribution in [0.2, 0.25) is 0 Å². The van der Waals surface area contributed by atoms with Crippen LogP contribution in [-0.2, 0) is 0 Å². The van der Waals surface area contributed by atoms with Gasteiger partial charge in [0, 0.05) is 12.2 Å². The van der Waals surface area contributed by atoms with Gasteiger partial charge in [0.2, 0.25) is 0 Å². The molecule has 0 aliphatic carbocycles. The van der Waals surface area contributed by atoms with Crippen LogP contribution in [0, 0.1) is 6.92 Å². The van der Waals surface area contributed by atoms with Crippen molar-refractivity contribution in [2.45, 2.75) is 13.0 Å². The third kappa shape index (κ3) is 4.60. The molecule has 0 saturated heterocycles. The highest BCUT2D eigenvalue weighted by Crippen LogP contribution is 2.16. The molecule has 4 nitrogen and oxygen atoms in total. The summed E-state index contributed by atoms with van der Waals surface area (Å²) in [6.07, 6.45) is 0. The number of aryl methyl sites for hydroxylation is 1. The lowest BCUT2D eigenvalue weighted by atomic mass is 10.1. The van der Waals surface area contributed by atoms with Crippen molar-refractivity contribution < 1.29 is 4.79 Å². The van der Waals surface area contributed by atoms with E-state index in [0.29, 0.717) is 6.54 Å². The highest BCUT2D eigenvalue weighted by Gasteiger charge is 2.14. The van der Waals surface area contributed by atoms with E-state index >= 15 is 0 Å². The third-order valence-electron chi connectivity index (χ3n) is 3.57. The zero-order valence-electron chi connectivity index (χ0n) is 13.3. The second-order valence-corrected chi connectivity index (χ2v) is 5.59. The maximum absolute atomic E-state index is 12.0. The van der Waals surface area contributed by atoms with Crippen molar-refractivity contribution in [1.29, 1.82) is 0 Å². The molecule has 2 aromatic rings. The molecule has 4 heteroatoms. The Morgan fingerprint density at radius 3 is 2.27 bits per heavy atom. The van der Waals surface area contributed by atoms with E-state index in [1.807, 2.05) is 63.5 Å². The molecule has 116 valence electrons. The number of anilines is 1. The minimum atomic E-state index is -0.188. The first-order valence-electron chi connectivity index (χ1n) is 7.39. The number of hydrogen-bond donors (Lipinski definition) is 2. The van der Waals surface area contributed by atoms with Gasteiger partial charge in [-0.3, -0.25) is 0 Å². The van der Waals surface area contributed by atoms with E-state index < -0.39 is 0 Å². The standard InChI is InChI=1S/C18H23N3O/c1-14-9-11-16(12-10-14)20-18(22)19-13-17(21(2)3)15-7-5-4-6-8-15/h4-12,17H,13H2,1-3H3,(H2,19,20,22)/t17-/m0/s1. The van der Waals surface area contributed by atoms with Gasteiger partial charge in [-0.1, -0.05) is 48.0 Å². The Morgan fingerprint density at radius 2 is 1.68 bits per heavy atom. The molecule has 0 heterocycles. The highest BCUT2D eigenvalue weighted by molar-refractivity contribution is 5.89. The summed E-state index contributed by atoms with van der Waals surface area (Å²) in [5, 5.41) is 5.78. The molecule has 0 fully saturated rings. The minimum Gasteiger partial charge on any atom is -0.336 e. The fourth-order valence-electron chi connectivity index (χ4n) is 2.28. The van der Waals surface area contributed by atoms with Crippen molar-refractivity contribution in [1.82, 2.24) is 10.2 Å². The van der Waals surface area contributed by atoms with Gasteiger partial charge >= 0.3 is 6.03 Å². The molecule has 0 spiro atoms. The molecule has 2 aromatic carbocycles. The summed E-state index contributed by atoms with van der Waals surface area (Å²) in [5.41, 5.74) is 3.15. The van der Waals surface area contributed by atoms with Gasteiger partial charge in [-0.05, 0) is 38.7 Å². The van der Waals surface area contributed by atoms with E-state index in [1.54, 1.807) is 0 Å². The number of nitrogens with one attached hydrogen (secondary N) is 2. The molecule has 0 unspecified atom stereocenters. The normalized spacial score (nSPS) is 12.0. The Morgan fingerprint density at radius 1 is 1.05 bits per heavy atom. The summed E-state index contributed by atoms with van der Waals surface area (Å²) < 4.78 is 0. The Hall–Kier alpha value is -2.33. The van der Waals surface area contributed by atoms with Crippen molar-refractivity contribution in [3.8, 4) is 0 Å². The van der Waals surface area contributed by atoms with Crippen LogP contribution >= 0.6 is 0 Å². The van der Waals surface area contributed by atoms with Gasteiger partial charge in [0.15, 0.2) is 0 Å². The molecule has 0 aliphatic rings. The van der Waals surface area contributed by atoms with Crippen molar-refractivity contribution in [3.63, 3.8) is 0 Å². The molecule has 2 N–H and O–H groups in total. The summed E-state index contributed by atoms with van der Waals surface area (Å²) in [6.45, 7) is 2.57. The first-order valence-corrected chi connectivity index (χ1v) is 7.39. The van der Waals surface area contributed by atoms with E-state index in [9.17, 15) is 4.79 Å². The number of amides is 2. The van der Waals surface area contributed by atoms with Gasteiger partial charge < -0.3 is 15.5 Å². The van der Waals surface area contributed by atoms with Crippen LogP contribution in [0.3, 0.4) is 0 Å². The fourth-order valence-corrected chi connectivity index (χ4v) is 2.28. The molecule has 2 rings (SSSR count). The molecule has 0 aliphatic heterocycles. The maximum Gasteiger partial charge on any atom is 0.319 e.